The maximum atomic E-state index is 4.66. The highest BCUT2D eigenvalue weighted by Gasteiger charge is 2.15. The van der Waals surface area contributed by atoms with Crippen molar-refractivity contribution in [3.63, 3.8) is 0 Å². The van der Waals surface area contributed by atoms with Crippen molar-refractivity contribution in [1.29, 1.82) is 0 Å². The summed E-state index contributed by atoms with van der Waals surface area (Å²) >= 11 is 0. The Morgan fingerprint density at radius 2 is 1.54 bits per heavy atom. The zero-order chi connectivity index (χ0) is 20.3. The van der Waals surface area contributed by atoms with E-state index in [-0.39, 0.29) is 0 Å². The highest BCUT2D eigenvalue weighted by molar-refractivity contribution is 5.91. The Morgan fingerprint density at radius 1 is 0.893 bits per heavy atom. The van der Waals surface area contributed by atoms with Crippen molar-refractivity contribution < 1.29 is 0 Å². The van der Waals surface area contributed by atoms with Gasteiger partial charge in [-0.05, 0) is 59.9 Å². The summed E-state index contributed by atoms with van der Waals surface area (Å²) in [5.41, 5.74) is 13.8. The normalized spacial score (nSPS) is 14.5. The molecule has 0 aromatic heterocycles. The third-order valence-electron chi connectivity index (χ3n) is 5.70. The highest BCUT2D eigenvalue weighted by atomic mass is 15.3. The van der Waals surface area contributed by atoms with E-state index in [0.717, 1.165) is 17.7 Å². The van der Waals surface area contributed by atoms with Crippen LogP contribution >= 0.6 is 0 Å². The third-order valence-corrected chi connectivity index (χ3v) is 5.70. The fourth-order valence-corrected chi connectivity index (χ4v) is 3.84. The number of benzene rings is 2. The van der Waals surface area contributed by atoms with Crippen molar-refractivity contribution >= 4 is 17.5 Å². The number of allylic oxidation sites excluding steroid dienone is 4. The molecule has 0 saturated heterocycles. The van der Waals surface area contributed by atoms with Crippen LogP contribution in [0.25, 0.3) is 5.57 Å². The molecule has 0 saturated carbocycles. The van der Waals surface area contributed by atoms with Crippen LogP contribution in [0, 0.1) is 0 Å². The lowest BCUT2D eigenvalue weighted by Gasteiger charge is -2.18. The minimum absolute atomic E-state index is 0.448. The molecule has 1 N–H and O–H groups in total. The van der Waals surface area contributed by atoms with Gasteiger partial charge in [-0.2, -0.15) is 5.10 Å². The minimum atomic E-state index is 0.448. The Morgan fingerprint density at radius 3 is 2.11 bits per heavy atom. The van der Waals surface area contributed by atoms with Gasteiger partial charge in [0.15, 0.2) is 0 Å². The second kappa shape index (κ2) is 8.60. The van der Waals surface area contributed by atoms with E-state index >= 15 is 0 Å². The van der Waals surface area contributed by atoms with Gasteiger partial charge >= 0.3 is 0 Å². The zero-order valence-corrected chi connectivity index (χ0v) is 18.0. The van der Waals surface area contributed by atoms with E-state index in [1.54, 1.807) is 0 Å². The largest absolute Gasteiger partial charge is 0.278 e. The standard InChI is InChI=1S/C26H32N2/c1-17(2)22-12-9-13-23(18(3)4)26(22)28-27-16-21-10-7-8-11-25(21)24-15-14-19(5)20(24)6/h7-14,16-18,28H,15H2,1-6H3. The first-order valence-electron chi connectivity index (χ1n) is 10.3. The smallest absolute Gasteiger partial charge is 0.0630 e. The summed E-state index contributed by atoms with van der Waals surface area (Å²) < 4.78 is 0. The van der Waals surface area contributed by atoms with Gasteiger partial charge in [0.05, 0.1) is 11.9 Å². The summed E-state index contributed by atoms with van der Waals surface area (Å²) in [6.45, 7) is 13.3. The molecular formula is C26H32N2. The molecule has 28 heavy (non-hydrogen) atoms. The van der Waals surface area contributed by atoms with E-state index in [0.29, 0.717) is 11.8 Å². The summed E-state index contributed by atoms with van der Waals surface area (Å²) in [6, 6.07) is 15.1. The van der Waals surface area contributed by atoms with Crippen LogP contribution in [0.3, 0.4) is 0 Å². The van der Waals surface area contributed by atoms with Crippen LogP contribution in [0.1, 0.15) is 82.1 Å². The van der Waals surface area contributed by atoms with Gasteiger partial charge in [-0.1, -0.05) is 81.8 Å². The molecule has 2 aromatic carbocycles. The van der Waals surface area contributed by atoms with Gasteiger partial charge in [0.1, 0.15) is 0 Å². The number of hydrogen-bond donors (Lipinski definition) is 1. The predicted molar refractivity (Wildman–Crippen MR) is 123 cm³/mol. The minimum Gasteiger partial charge on any atom is -0.278 e. The molecule has 0 unspecified atom stereocenters. The number of nitrogens with one attached hydrogen (secondary N) is 1. The first-order chi connectivity index (χ1) is 13.4. The van der Waals surface area contributed by atoms with Crippen LogP contribution in [0.5, 0.6) is 0 Å². The molecule has 0 heterocycles. The van der Waals surface area contributed by atoms with Gasteiger partial charge in [-0.25, -0.2) is 0 Å². The molecule has 2 nitrogen and oxygen atoms in total. The molecule has 0 atom stereocenters. The molecule has 0 spiro atoms. The lowest BCUT2D eigenvalue weighted by atomic mass is 9.93. The number of hydrogen-bond acceptors (Lipinski definition) is 2. The average molecular weight is 373 g/mol. The Labute approximate surface area is 170 Å². The molecule has 3 rings (SSSR count). The Hall–Kier alpha value is -2.61. The molecule has 0 aliphatic heterocycles. The summed E-state index contributed by atoms with van der Waals surface area (Å²) in [4.78, 5) is 0. The van der Waals surface area contributed by atoms with E-state index in [9.17, 15) is 0 Å². The second-order valence-electron chi connectivity index (χ2n) is 8.27. The van der Waals surface area contributed by atoms with Gasteiger partial charge in [0.25, 0.3) is 0 Å². The first kappa shape index (κ1) is 20.1. The van der Waals surface area contributed by atoms with Crippen molar-refractivity contribution in [2.24, 2.45) is 5.10 Å². The molecule has 0 bridgehead atoms. The molecule has 0 amide bonds. The van der Waals surface area contributed by atoms with Gasteiger partial charge in [-0.15, -0.1) is 0 Å². The molecule has 0 radical (unpaired) electrons. The van der Waals surface area contributed by atoms with E-state index < -0.39 is 0 Å². The van der Waals surface area contributed by atoms with E-state index in [1.807, 2.05) is 6.21 Å². The molecular weight excluding hydrogens is 340 g/mol. The molecule has 2 aromatic rings. The lowest BCUT2D eigenvalue weighted by molar-refractivity contribution is 0.835. The van der Waals surface area contributed by atoms with Crippen LogP contribution in [0.4, 0.5) is 5.69 Å². The van der Waals surface area contributed by atoms with Gasteiger partial charge in [0.2, 0.25) is 0 Å². The predicted octanol–water partition coefficient (Wildman–Crippen LogP) is 7.50. The number of rotatable bonds is 6. The maximum absolute atomic E-state index is 4.66. The summed E-state index contributed by atoms with van der Waals surface area (Å²) in [5.74, 6) is 0.896. The lowest BCUT2D eigenvalue weighted by Crippen LogP contribution is -2.04. The fraction of sp³-hybridized carbons (Fsp3) is 0.346. The number of nitrogens with zero attached hydrogens (tertiary/aromatic N) is 1. The van der Waals surface area contributed by atoms with Gasteiger partial charge < -0.3 is 0 Å². The Kier molecular flexibility index (Phi) is 6.18. The quantitative estimate of drug-likeness (QED) is 0.412. The maximum Gasteiger partial charge on any atom is 0.0630 e. The molecule has 1 aliphatic rings. The Bertz CT molecular complexity index is 916. The molecule has 2 heteroatoms. The fourth-order valence-electron chi connectivity index (χ4n) is 3.84. The van der Waals surface area contributed by atoms with Crippen molar-refractivity contribution in [3.8, 4) is 0 Å². The van der Waals surface area contributed by atoms with Gasteiger partial charge in [-0.3, -0.25) is 5.43 Å². The van der Waals surface area contributed by atoms with Crippen molar-refractivity contribution in [3.05, 3.63) is 81.9 Å². The van der Waals surface area contributed by atoms with Crippen LogP contribution in [0.2, 0.25) is 0 Å². The van der Waals surface area contributed by atoms with Crippen LogP contribution in [-0.2, 0) is 0 Å². The van der Waals surface area contributed by atoms with Crippen molar-refractivity contribution in [1.82, 2.24) is 0 Å². The van der Waals surface area contributed by atoms with Gasteiger partial charge in [0, 0.05) is 5.56 Å². The van der Waals surface area contributed by atoms with E-state index in [1.165, 1.54) is 33.4 Å². The van der Waals surface area contributed by atoms with Crippen LogP contribution < -0.4 is 5.43 Å². The molecule has 146 valence electrons. The monoisotopic (exact) mass is 372 g/mol. The van der Waals surface area contributed by atoms with Crippen molar-refractivity contribution in [2.75, 3.05) is 5.43 Å². The van der Waals surface area contributed by atoms with E-state index in [2.05, 4.69) is 101 Å². The van der Waals surface area contributed by atoms with E-state index in [4.69, 9.17) is 0 Å². The first-order valence-corrected chi connectivity index (χ1v) is 10.3. The second-order valence-corrected chi connectivity index (χ2v) is 8.27. The Balaban J connectivity index is 1.92. The number of hydrazone groups is 1. The molecule has 0 fully saturated rings. The molecule has 1 aliphatic carbocycles. The van der Waals surface area contributed by atoms with Crippen LogP contribution in [-0.4, -0.2) is 6.21 Å². The number of para-hydroxylation sites is 1. The van der Waals surface area contributed by atoms with Crippen molar-refractivity contribution in [2.45, 2.75) is 59.8 Å². The van der Waals surface area contributed by atoms with Crippen LogP contribution in [0.15, 0.2) is 64.8 Å². The summed E-state index contributed by atoms with van der Waals surface area (Å²) in [7, 11) is 0. The third kappa shape index (κ3) is 4.11. The average Bonchev–Trinajstić information content (AvgIpc) is 3.00. The SMILES string of the molecule is CC1=CCC(c2ccccc2C=NNc2c(C(C)C)cccc2C(C)C)=C1C. The summed E-state index contributed by atoms with van der Waals surface area (Å²) in [6.07, 6.45) is 5.28. The highest BCUT2D eigenvalue weighted by Crippen LogP contribution is 2.35. The number of anilines is 1. The zero-order valence-electron chi connectivity index (χ0n) is 18.0. The topological polar surface area (TPSA) is 24.4 Å². The summed E-state index contributed by atoms with van der Waals surface area (Å²) in [5, 5.41) is 4.66.